The van der Waals surface area contributed by atoms with Crippen molar-refractivity contribution in [3.05, 3.63) is 35.9 Å². The van der Waals surface area contributed by atoms with Crippen molar-refractivity contribution in [2.24, 2.45) is 23.2 Å². The monoisotopic (exact) mass is 380 g/mol. The van der Waals surface area contributed by atoms with Gasteiger partial charge < -0.3 is 10.6 Å². The average molecular weight is 381 g/mol. The van der Waals surface area contributed by atoms with Crippen LogP contribution in [0.3, 0.4) is 0 Å². The van der Waals surface area contributed by atoms with Gasteiger partial charge in [-0.05, 0) is 81.1 Å². The molecule has 2 N–H and O–H groups in total. The molecule has 150 valence electrons. The van der Waals surface area contributed by atoms with Crippen molar-refractivity contribution in [1.29, 1.82) is 0 Å². The molecular formula is C24H32N2O2. The molecule has 4 bridgehead atoms. The van der Waals surface area contributed by atoms with Gasteiger partial charge in [0.1, 0.15) is 0 Å². The molecule has 6 rings (SSSR count). The normalized spacial score (nSPS) is 34.5. The number of hydrogen-bond acceptors (Lipinski definition) is 2. The molecular weight excluding hydrogens is 348 g/mol. The van der Waals surface area contributed by atoms with Gasteiger partial charge in [0, 0.05) is 18.4 Å². The fraction of sp³-hybridized carbons (Fsp3) is 0.667. The SMILES string of the molecule is O=C(CCNC(=O)C12CC3CC(CC(C3)C1)C2)NC1(c2ccccc2)CCC1. The zero-order valence-corrected chi connectivity index (χ0v) is 16.7. The smallest absolute Gasteiger partial charge is 0.226 e. The van der Waals surface area contributed by atoms with Crippen LogP contribution in [0.5, 0.6) is 0 Å². The molecule has 4 heteroatoms. The minimum absolute atomic E-state index is 0.0503. The third-order valence-corrected chi connectivity index (χ3v) is 8.07. The molecule has 1 aromatic rings. The lowest BCUT2D eigenvalue weighted by Gasteiger charge is -2.55. The highest BCUT2D eigenvalue weighted by Crippen LogP contribution is 2.60. The Morgan fingerprint density at radius 1 is 0.929 bits per heavy atom. The summed E-state index contributed by atoms with van der Waals surface area (Å²) in [7, 11) is 0. The summed E-state index contributed by atoms with van der Waals surface area (Å²) in [4.78, 5) is 25.6. The molecule has 0 unspecified atom stereocenters. The molecule has 0 heterocycles. The van der Waals surface area contributed by atoms with Crippen LogP contribution < -0.4 is 10.6 Å². The van der Waals surface area contributed by atoms with Crippen molar-refractivity contribution in [3.8, 4) is 0 Å². The Kier molecular flexibility index (Phi) is 4.48. The van der Waals surface area contributed by atoms with E-state index < -0.39 is 0 Å². The summed E-state index contributed by atoms with van der Waals surface area (Å²) in [6.45, 7) is 0.456. The molecule has 0 atom stereocenters. The first-order valence-corrected chi connectivity index (χ1v) is 11.2. The van der Waals surface area contributed by atoms with Gasteiger partial charge in [0.05, 0.1) is 5.54 Å². The molecule has 1 aromatic carbocycles. The van der Waals surface area contributed by atoms with Gasteiger partial charge in [0.2, 0.25) is 11.8 Å². The van der Waals surface area contributed by atoms with Crippen molar-refractivity contribution in [1.82, 2.24) is 10.6 Å². The lowest BCUT2D eigenvalue weighted by atomic mass is 9.49. The van der Waals surface area contributed by atoms with Crippen LogP contribution in [-0.2, 0) is 15.1 Å². The first-order chi connectivity index (χ1) is 13.6. The van der Waals surface area contributed by atoms with Gasteiger partial charge in [-0.3, -0.25) is 9.59 Å². The first-order valence-electron chi connectivity index (χ1n) is 11.2. The van der Waals surface area contributed by atoms with Crippen LogP contribution >= 0.6 is 0 Å². The van der Waals surface area contributed by atoms with Gasteiger partial charge >= 0.3 is 0 Å². The van der Waals surface area contributed by atoms with E-state index in [1.165, 1.54) is 24.8 Å². The predicted molar refractivity (Wildman–Crippen MR) is 108 cm³/mol. The highest BCUT2D eigenvalue weighted by Gasteiger charge is 2.54. The third kappa shape index (κ3) is 3.15. The van der Waals surface area contributed by atoms with Gasteiger partial charge in [0.15, 0.2) is 0 Å². The molecule has 0 radical (unpaired) electrons. The summed E-state index contributed by atoms with van der Waals surface area (Å²) in [6, 6.07) is 10.3. The van der Waals surface area contributed by atoms with Crippen molar-refractivity contribution in [2.45, 2.75) is 69.7 Å². The van der Waals surface area contributed by atoms with Gasteiger partial charge in [-0.25, -0.2) is 0 Å². The van der Waals surface area contributed by atoms with E-state index in [0.717, 1.165) is 56.3 Å². The highest BCUT2D eigenvalue weighted by molar-refractivity contribution is 5.84. The number of nitrogens with one attached hydrogen (secondary N) is 2. The molecule has 0 saturated heterocycles. The minimum atomic E-state index is -0.192. The summed E-state index contributed by atoms with van der Waals surface area (Å²) in [6.07, 6.45) is 10.8. The molecule has 5 aliphatic carbocycles. The molecule has 5 saturated carbocycles. The number of carbonyl (C=O) groups excluding carboxylic acids is 2. The third-order valence-electron chi connectivity index (χ3n) is 8.07. The van der Waals surface area contributed by atoms with Crippen LogP contribution in [0.25, 0.3) is 0 Å². The highest BCUT2D eigenvalue weighted by atomic mass is 16.2. The molecule has 0 aliphatic heterocycles. The lowest BCUT2D eigenvalue weighted by molar-refractivity contribution is -0.146. The largest absolute Gasteiger partial charge is 0.355 e. The van der Waals surface area contributed by atoms with E-state index in [-0.39, 0.29) is 22.8 Å². The van der Waals surface area contributed by atoms with Gasteiger partial charge in [0.25, 0.3) is 0 Å². The Bertz CT molecular complexity index is 718. The molecule has 28 heavy (non-hydrogen) atoms. The summed E-state index contributed by atoms with van der Waals surface area (Å²) in [5.41, 5.74) is 0.888. The van der Waals surface area contributed by atoms with Crippen LogP contribution in [0.1, 0.15) is 69.8 Å². The lowest BCUT2D eigenvalue weighted by Crippen LogP contribution is -2.54. The van der Waals surface area contributed by atoms with Crippen molar-refractivity contribution in [3.63, 3.8) is 0 Å². The second kappa shape index (κ2) is 6.89. The Hall–Kier alpha value is -1.84. The zero-order valence-electron chi connectivity index (χ0n) is 16.7. The molecule has 5 aliphatic rings. The standard InChI is InChI=1S/C24H32N2O2/c27-21(26-24(8-4-9-24)20-5-2-1-3-6-20)7-10-25-22(28)23-14-17-11-18(15-23)13-19(12-17)16-23/h1-3,5-6,17-19H,4,7-16H2,(H,25,28)(H,26,27). The van der Waals surface area contributed by atoms with Gasteiger partial charge in [-0.2, -0.15) is 0 Å². The van der Waals surface area contributed by atoms with Crippen LogP contribution in [-0.4, -0.2) is 18.4 Å². The summed E-state index contributed by atoms with van der Waals surface area (Å²) >= 11 is 0. The van der Waals surface area contributed by atoms with E-state index in [4.69, 9.17) is 0 Å². The van der Waals surface area contributed by atoms with Gasteiger partial charge in [-0.1, -0.05) is 30.3 Å². The summed E-state index contributed by atoms with van der Waals surface area (Å²) in [5.74, 6) is 2.58. The number of hydrogen-bond donors (Lipinski definition) is 2. The van der Waals surface area contributed by atoms with Crippen molar-refractivity contribution in [2.75, 3.05) is 6.54 Å². The van der Waals surface area contributed by atoms with Crippen LogP contribution in [0.4, 0.5) is 0 Å². The molecule has 0 aromatic heterocycles. The number of rotatable bonds is 6. The predicted octanol–water partition coefficient (Wildman–Crippen LogP) is 3.90. The van der Waals surface area contributed by atoms with E-state index >= 15 is 0 Å². The maximum Gasteiger partial charge on any atom is 0.226 e. The average Bonchev–Trinajstić information content (AvgIpc) is 2.64. The van der Waals surface area contributed by atoms with Crippen LogP contribution in [0.2, 0.25) is 0 Å². The topological polar surface area (TPSA) is 58.2 Å². The Balaban J connectivity index is 1.14. The number of benzene rings is 1. The molecule has 0 spiro atoms. The quantitative estimate of drug-likeness (QED) is 0.786. The van der Waals surface area contributed by atoms with Crippen LogP contribution in [0.15, 0.2) is 30.3 Å². The van der Waals surface area contributed by atoms with E-state index in [1.807, 2.05) is 18.2 Å². The first kappa shape index (κ1) is 18.2. The Morgan fingerprint density at radius 2 is 1.54 bits per heavy atom. The minimum Gasteiger partial charge on any atom is -0.355 e. The second-order valence-electron chi connectivity index (χ2n) is 10.1. The van der Waals surface area contributed by atoms with E-state index in [2.05, 4.69) is 22.8 Å². The number of carbonyl (C=O) groups is 2. The van der Waals surface area contributed by atoms with Crippen molar-refractivity contribution < 1.29 is 9.59 Å². The molecule has 2 amide bonds. The van der Waals surface area contributed by atoms with Crippen LogP contribution in [0, 0.1) is 23.2 Å². The second-order valence-corrected chi connectivity index (χ2v) is 10.1. The van der Waals surface area contributed by atoms with Crippen molar-refractivity contribution >= 4 is 11.8 Å². The van der Waals surface area contributed by atoms with Gasteiger partial charge in [-0.15, -0.1) is 0 Å². The Morgan fingerprint density at radius 3 is 2.07 bits per heavy atom. The van der Waals surface area contributed by atoms with E-state index in [9.17, 15) is 9.59 Å². The van der Waals surface area contributed by atoms with E-state index in [0.29, 0.717) is 13.0 Å². The molecule has 5 fully saturated rings. The fourth-order valence-electron chi connectivity index (χ4n) is 6.97. The zero-order chi connectivity index (χ0) is 19.2. The van der Waals surface area contributed by atoms with E-state index in [1.54, 1.807) is 0 Å². The maximum atomic E-state index is 13.0. The Labute approximate surface area is 167 Å². The number of amides is 2. The maximum absolute atomic E-state index is 13.0. The molecule has 4 nitrogen and oxygen atoms in total. The fourth-order valence-corrected chi connectivity index (χ4v) is 6.97. The summed E-state index contributed by atoms with van der Waals surface area (Å²) < 4.78 is 0. The summed E-state index contributed by atoms with van der Waals surface area (Å²) in [5, 5.41) is 6.40.